The van der Waals surface area contributed by atoms with Gasteiger partial charge in [0.15, 0.2) is 5.11 Å². The normalized spacial score (nSPS) is 19.3. The van der Waals surface area contributed by atoms with Crippen LogP contribution in [0.15, 0.2) is 18.2 Å². The van der Waals surface area contributed by atoms with Gasteiger partial charge in [0.25, 0.3) is 0 Å². The van der Waals surface area contributed by atoms with E-state index in [0.29, 0.717) is 0 Å². The van der Waals surface area contributed by atoms with E-state index in [-0.39, 0.29) is 12.6 Å². The Hall–Kier alpha value is -1.13. The summed E-state index contributed by atoms with van der Waals surface area (Å²) in [6, 6.07) is 6.38. The number of rotatable bonds is 2. The lowest BCUT2D eigenvalue weighted by molar-refractivity contribution is 0.149. The molecule has 1 aliphatic rings. The molecule has 1 heterocycles. The minimum atomic E-state index is 0.165. The fraction of sp³-hybridized carbons (Fsp3) is 0.533. The molecule has 1 aromatic carbocycles. The number of likely N-dealkylation sites (tertiary alicyclic amines) is 1. The number of aryl methyl sites for hydroxylation is 2. The molecule has 1 aliphatic heterocycles. The van der Waals surface area contributed by atoms with E-state index >= 15 is 0 Å². The van der Waals surface area contributed by atoms with Gasteiger partial charge in [-0.3, -0.25) is 0 Å². The van der Waals surface area contributed by atoms with Crippen molar-refractivity contribution in [3.05, 3.63) is 29.3 Å². The first-order chi connectivity index (χ1) is 9.13. The van der Waals surface area contributed by atoms with E-state index in [2.05, 4.69) is 42.3 Å². The molecule has 2 N–H and O–H groups in total. The summed E-state index contributed by atoms with van der Waals surface area (Å²) in [6.45, 7) is 5.27. The van der Waals surface area contributed by atoms with Crippen LogP contribution >= 0.6 is 12.2 Å². The lowest BCUT2D eigenvalue weighted by Crippen LogP contribution is -2.47. The summed E-state index contributed by atoms with van der Waals surface area (Å²) in [6.07, 6.45) is 3.34. The molecule has 104 valence electrons. The monoisotopic (exact) mass is 278 g/mol. The third-order valence-electron chi connectivity index (χ3n) is 3.81. The van der Waals surface area contributed by atoms with Crippen LogP contribution in [-0.2, 0) is 0 Å². The maximum atomic E-state index is 9.46. The summed E-state index contributed by atoms with van der Waals surface area (Å²) >= 11 is 5.52. The van der Waals surface area contributed by atoms with Gasteiger partial charge in [-0.15, -0.1) is 0 Å². The highest BCUT2D eigenvalue weighted by Gasteiger charge is 2.24. The maximum absolute atomic E-state index is 9.46. The minimum Gasteiger partial charge on any atom is -0.394 e. The molecule has 1 aromatic rings. The average Bonchev–Trinajstić information content (AvgIpc) is 2.42. The lowest BCUT2D eigenvalue weighted by Gasteiger charge is -2.37. The smallest absolute Gasteiger partial charge is 0.173 e. The molecular weight excluding hydrogens is 256 g/mol. The molecule has 1 saturated heterocycles. The predicted octanol–water partition coefficient (Wildman–Crippen LogP) is 2.85. The van der Waals surface area contributed by atoms with Crippen molar-refractivity contribution in [2.75, 3.05) is 18.5 Å². The fourth-order valence-corrected chi connectivity index (χ4v) is 2.99. The van der Waals surface area contributed by atoms with Crippen molar-refractivity contribution in [3.8, 4) is 0 Å². The highest BCUT2D eigenvalue weighted by molar-refractivity contribution is 7.80. The van der Waals surface area contributed by atoms with Crippen molar-refractivity contribution < 1.29 is 5.11 Å². The van der Waals surface area contributed by atoms with Crippen LogP contribution in [0.4, 0.5) is 5.69 Å². The summed E-state index contributed by atoms with van der Waals surface area (Å²) in [4.78, 5) is 2.13. The second-order valence-electron chi connectivity index (χ2n) is 5.22. The third kappa shape index (κ3) is 3.25. The number of nitrogens with zero attached hydrogens (tertiary/aromatic N) is 1. The second-order valence-corrected chi connectivity index (χ2v) is 5.61. The maximum Gasteiger partial charge on any atom is 0.173 e. The average molecular weight is 278 g/mol. The third-order valence-corrected chi connectivity index (χ3v) is 4.15. The van der Waals surface area contributed by atoms with Crippen molar-refractivity contribution in [3.63, 3.8) is 0 Å². The van der Waals surface area contributed by atoms with Crippen molar-refractivity contribution in [2.45, 2.75) is 39.2 Å². The molecule has 0 amide bonds. The first-order valence-electron chi connectivity index (χ1n) is 6.88. The number of hydrogen-bond acceptors (Lipinski definition) is 2. The van der Waals surface area contributed by atoms with E-state index in [1.165, 1.54) is 17.5 Å². The molecular formula is C15H22N2OS. The molecule has 2 rings (SSSR count). The van der Waals surface area contributed by atoms with Crippen molar-refractivity contribution in [1.29, 1.82) is 0 Å². The Morgan fingerprint density at radius 3 is 2.68 bits per heavy atom. The van der Waals surface area contributed by atoms with Crippen LogP contribution in [0.2, 0.25) is 0 Å². The van der Waals surface area contributed by atoms with Gasteiger partial charge < -0.3 is 15.3 Å². The van der Waals surface area contributed by atoms with E-state index in [4.69, 9.17) is 12.2 Å². The Morgan fingerprint density at radius 1 is 1.37 bits per heavy atom. The van der Waals surface area contributed by atoms with Gasteiger partial charge in [-0.2, -0.15) is 0 Å². The Balaban J connectivity index is 2.12. The van der Waals surface area contributed by atoms with Gasteiger partial charge >= 0.3 is 0 Å². The number of hydrogen-bond donors (Lipinski definition) is 2. The number of para-hydroxylation sites is 1. The van der Waals surface area contributed by atoms with Gasteiger partial charge in [0.05, 0.1) is 12.6 Å². The molecule has 3 nitrogen and oxygen atoms in total. The predicted molar refractivity (Wildman–Crippen MR) is 83.6 cm³/mol. The van der Waals surface area contributed by atoms with Crippen molar-refractivity contribution in [2.24, 2.45) is 0 Å². The Kier molecular flexibility index (Phi) is 4.77. The lowest BCUT2D eigenvalue weighted by atomic mass is 10.0. The second kappa shape index (κ2) is 6.35. The molecule has 19 heavy (non-hydrogen) atoms. The quantitative estimate of drug-likeness (QED) is 0.816. The molecule has 0 saturated carbocycles. The van der Waals surface area contributed by atoms with Crippen LogP contribution in [0.3, 0.4) is 0 Å². The van der Waals surface area contributed by atoms with Crippen LogP contribution in [0.1, 0.15) is 30.4 Å². The van der Waals surface area contributed by atoms with Gasteiger partial charge in [-0.05, 0) is 56.5 Å². The van der Waals surface area contributed by atoms with Crippen LogP contribution in [0.5, 0.6) is 0 Å². The van der Waals surface area contributed by atoms with Crippen LogP contribution in [0.25, 0.3) is 0 Å². The van der Waals surface area contributed by atoms with Crippen LogP contribution < -0.4 is 5.32 Å². The largest absolute Gasteiger partial charge is 0.394 e. The Labute approximate surface area is 120 Å². The molecule has 0 unspecified atom stereocenters. The summed E-state index contributed by atoms with van der Waals surface area (Å²) < 4.78 is 0. The molecule has 0 aromatic heterocycles. The van der Waals surface area contributed by atoms with Crippen LogP contribution in [0, 0.1) is 13.8 Å². The molecule has 1 fully saturated rings. The van der Waals surface area contributed by atoms with E-state index < -0.39 is 0 Å². The SMILES string of the molecule is Cc1cccc(C)c1NC(=S)N1CCCC[C@H]1CO. The number of aliphatic hydroxyl groups is 1. The molecule has 0 spiro atoms. The number of thiocarbonyl (C=S) groups is 1. The fourth-order valence-electron chi connectivity index (χ4n) is 2.65. The van der Waals surface area contributed by atoms with Gasteiger partial charge in [-0.25, -0.2) is 0 Å². The number of nitrogens with one attached hydrogen (secondary N) is 1. The molecule has 1 atom stereocenters. The minimum absolute atomic E-state index is 0.165. The standard InChI is InChI=1S/C15H22N2OS/c1-11-6-5-7-12(2)14(11)16-15(19)17-9-4-3-8-13(17)10-18/h5-7,13,18H,3-4,8-10H2,1-2H3,(H,16,19)/t13-/m0/s1. The highest BCUT2D eigenvalue weighted by atomic mass is 32.1. The summed E-state index contributed by atoms with van der Waals surface area (Å²) in [5.74, 6) is 0. The van der Waals surface area contributed by atoms with Gasteiger partial charge in [-0.1, -0.05) is 18.2 Å². The first kappa shape index (κ1) is 14.3. The van der Waals surface area contributed by atoms with E-state index in [0.717, 1.165) is 30.2 Å². The summed E-state index contributed by atoms with van der Waals surface area (Å²) in [5, 5.41) is 13.5. The number of anilines is 1. The highest BCUT2D eigenvalue weighted by Crippen LogP contribution is 2.22. The van der Waals surface area contributed by atoms with E-state index in [9.17, 15) is 5.11 Å². The Morgan fingerprint density at radius 2 is 2.05 bits per heavy atom. The van der Waals surface area contributed by atoms with Gasteiger partial charge in [0.1, 0.15) is 0 Å². The topological polar surface area (TPSA) is 35.5 Å². The van der Waals surface area contributed by atoms with Crippen molar-refractivity contribution in [1.82, 2.24) is 4.90 Å². The summed E-state index contributed by atoms with van der Waals surface area (Å²) in [5.41, 5.74) is 3.48. The Bertz CT molecular complexity index is 441. The number of benzene rings is 1. The zero-order valence-corrected chi connectivity index (χ0v) is 12.5. The van der Waals surface area contributed by atoms with E-state index in [1.807, 2.05) is 0 Å². The van der Waals surface area contributed by atoms with Gasteiger partial charge in [0, 0.05) is 12.2 Å². The number of aliphatic hydroxyl groups excluding tert-OH is 1. The zero-order chi connectivity index (χ0) is 13.8. The van der Waals surface area contributed by atoms with Crippen molar-refractivity contribution >= 4 is 23.0 Å². The van der Waals surface area contributed by atoms with Crippen LogP contribution in [-0.4, -0.2) is 34.3 Å². The van der Waals surface area contributed by atoms with Gasteiger partial charge in [0.2, 0.25) is 0 Å². The van der Waals surface area contributed by atoms with E-state index in [1.54, 1.807) is 0 Å². The summed E-state index contributed by atoms with van der Waals surface area (Å²) in [7, 11) is 0. The molecule has 4 heteroatoms. The number of piperidine rings is 1. The molecule has 0 bridgehead atoms. The zero-order valence-electron chi connectivity index (χ0n) is 11.6. The first-order valence-corrected chi connectivity index (χ1v) is 7.29. The molecule has 0 aliphatic carbocycles. The molecule has 0 radical (unpaired) electrons.